The number of hydrogen-bond acceptors (Lipinski definition) is 5. The van der Waals surface area contributed by atoms with Gasteiger partial charge in [-0.05, 0) is 31.0 Å². The lowest BCUT2D eigenvalue weighted by Gasteiger charge is -2.11. The highest BCUT2D eigenvalue weighted by Crippen LogP contribution is 2.36. The van der Waals surface area contributed by atoms with Crippen LogP contribution in [0.3, 0.4) is 0 Å². The van der Waals surface area contributed by atoms with Crippen molar-refractivity contribution < 1.29 is 23.5 Å². The van der Waals surface area contributed by atoms with Crippen molar-refractivity contribution in [2.45, 2.75) is 20.3 Å². The summed E-state index contributed by atoms with van der Waals surface area (Å²) < 4.78 is 16.0. The van der Waals surface area contributed by atoms with Crippen molar-refractivity contribution in [3.8, 4) is 22.6 Å². The lowest BCUT2D eigenvalue weighted by Crippen LogP contribution is -2.25. The lowest BCUT2D eigenvalue weighted by atomic mass is 10.00. The first-order valence-electron chi connectivity index (χ1n) is 8.47. The fourth-order valence-corrected chi connectivity index (χ4v) is 2.55. The molecule has 0 spiro atoms. The first-order chi connectivity index (χ1) is 12.6. The van der Waals surface area contributed by atoms with Crippen LogP contribution in [0.5, 0.6) is 11.5 Å². The van der Waals surface area contributed by atoms with E-state index in [2.05, 4.69) is 10.6 Å². The maximum absolute atomic E-state index is 12.5. The Morgan fingerprint density at radius 1 is 1.04 bits per heavy atom. The minimum atomic E-state index is -0.383. The predicted molar refractivity (Wildman–Crippen MR) is 97.9 cm³/mol. The first-order valence-corrected chi connectivity index (χ1v) is 8.47. The average Bonchev–Trinajstić information content (AvgIpc) is 3.10. The number of amides is 2. The number of carbonyl (C=O) groups is 2. The zero-order valence-corrected chi connectivity index (χ0v) is 15.5. The standard InChI is InChI=1S/C19H24N2O5/c1-5-9-21-18(22)13-11-26-17(19(23)20-6-2)16(13)12-7-8-14(24-3)15(10-12)25-4/h7-8,10-11H,5-6,9H2,1-4H3,(H,20,23)(H,21,22). The average molecular weight is 360 g/mol. The Morgan fingerprint density at radius 3 is 2.38 bits per heavy atom. The lowest BCUT2D eigenvalue weighted by molar-refractivity contribution is 0.0926. The Balaban J connectivity index is 2.57. The van der Waals surface area contributed by atoms with E-state index in [1.54, 1.807) is 25.3 Å². The maximum Gasteiger partial charge on any atom is 0.287 e. The molecule has 1 aromatic heterocycles. The van der Waals surface area contributed by atoms with Gasteiger partial charge in [0.25, 0.3) is 11.8 Å². The van der Waals surface area contributed by atoms with Crippen molar-refractivity contribution in [3.63, 3.8) is 0 Å². The van der Waals surface area contributed by atoms with E-state index in [0.717, 1.165) is 6.42 Å². The Hall–Kier alpha value is -2.96. The summed E-state index contributed by atoms with van der Waals surface area (Å²) in [5.74, 6) is 0.452. The molecule has 0 unspecified atom stereocenters. The molecule has 7 heteroatoms. The van der Waals surface area contributed by atoms with Gasteiger partial charge >= 0.3 is 0 Å². The SMILES string of the molecule is CCCNC(=O)c1coc(C(=O)NCC)c1-c1ccc(OC)c(OC)c1. The zero-order chi connectivity index (χ0) is 19.1. The topological polar surface area (TPSA) is 89.8 Å². The molecule has 1 aromatic carbocycles. The van der Waals surface area contributed by atoms with E-state index in [1.165, 1.54) is 13.4 Å². The molecule has 0 saturated carbocycles. The van der Waals surface area contributed by atoms with Crippen molar-refractivity contribution in [1.82, 2.24) is 10.6 Å². The minimum Gasteiger partial charge on any atom is -0.493 e. The molecule has 0 radical (unpaired) electrons. The molecule has 0 aliphatic carbocycles. The summed E-state index contributed by atoms with van der Waals surface area (Å²) in [6, 6.07) is 5.19. The van der Waals surface area contributed by atoms with Gasteiger partial charge in [0.2, 0.25) is 0 Å². The van der Waals surface area contributed by atoms with Crippen LogP contribution in [0.2, 0.25) is 0 Å². The second kappa shape index (κ2) is 8.94. The molecule has 0 atom stereocenters. The Kier molecular flexibility index (Phi) is 6.66. The van der Waals surface area contributed by atoms with E-state index in [0.29, 0.717) is 41.3 Å². The van der Waals surface area contributed by atoms with Gasteiger partial charge < -0.3 is 24.5 Å². The summed E-state index contributed by atoms with van der Waals surface area (Å²) >= 11 is 0. The van der Waals surface area contributed by atoms with E-state index in [-0.39, 0.29) is 17.6 Å². The molecule has 140 valence electrons. The molecule has 7 nitrogen and oxygen atoms in total. The van der Waals surface area contributed by atoms with E-state index in [4.69, 9.17) is 13.9 Å². The number of ether oxygens (including phenoxy) is 2. The number of benzene rings is 1. The summed E-state index contributed by atoms with van der Waals surface area (Å²) in [6.07, 6.45) is 2.11. The minimum absolute atomic E-state index is 0.0840. The number of nitrogens with one attached hydrogen (secondary N) is 2. The number of carbonyl (C=O) groups excluding carboxylic acids is 2. The molecule has 0 bridgehead atoms. The third-order valence-corrected chi connectivity index (χ3v) is 3.79. The van der Waals surface area contributed by atoms with Crippen molar-refractivity contribution in [3.05, 3.63) is 35.8 Å². The molecule has 0 fully saturated rings. The fraction of sp³-hybridized carbons (Fsp3) is 0.368. The van der Waals surface area contributed by atoms with Gasteiger partial charge in [0.15, 0.2) is 17.3 Å². The predicted octanol–water partition coefficient (Wildman–Crippen LogP) is 2.85. The summed E-state index contributed by atoms with van der Waals surface area (Å²) in [5, 5.41) is 5.51. The first kappa shape index (κ1) is 19.4. The maximum atomic E-state index is 12.5. The van der Waals surface area contributed by atoms with Crippen LogP contribution < -0.4 is 20.1 Å². The molecule has 2 N–H and O–H groups in total. The van der Waals surface area contributed by atoms with Crippen LogP contribution in [0.4, 0.5) is 0 Å². The van der Waals surface area contributed by atoms with Crippen LogP contribution in [-0.4, -0.2) is 39.1 Å². The van der Waals surface area contributed by atoms with Gasteiger partial charge in [0, 0.05) is 18.7 Å². The summed E-state index contributed by atoms with van der Waals surface area (Å²) in [5.41, 5.74) is 1.34. The van der Waals surface area contributed by atoms with Gasteiger partial charge in [0.1, 0.15) is 6.26 Å². The summed E-state index contributed by atoms with van der Waals surface area (Å²) in [7, 11) is 3.07. The summed E-state index contributed by atoms with van der Waals surface area (Å²) in [4.78, 5) is 24.9. The highest BCUT2D eigenvalue weighted by atomic mass is 16.5. The molecule has 0 aliphatic heterocycles. The molecular weight excluding hydrogens is 336 g/mol. The van der Waals surface area contributed by atoms with Gasteiger partial charge in [-0.3, -0.25) is 9.59 Å². The molecule has 26 heavy (non-hydrogen) atoms. The second-order valence-electron chi connectivity index (χ2n) is 5.54. The highest BCUT2D eigenvalue weighted by molar-refractivity contribution is 6.07. The Labute approximate surface area is 152 Å². The van der Waals surface area contributed by atoms with Gasteiger partial charge in [-0.2, -0.15) is 0 Å². The Bertz CT molecular complexity index is 782. The number of methoxy groups -OCH3 is 2. The van der Waals surface area contributed by atoms with Crippen LogP contribution in [0, 0.1) is 0 Å². The number of rotatable bonds is 8. The van der Waals surface area contributed by atoms with Crippen LogP contribution in [0.25, 0.3) is 11.1 Å². The third-order valence-electron chi connectivity index (χ3n) is 3.79. The van der Waals surface area contributed by atoms with E-state index in [9.17, 15) is 9.59 Å². The largest absolute Gasteiger partial charge is 0.493 e. The van der Waals surface area contributed by atoms with Crippen molar-refractivity contribution in [2.24, 2.45) is 0 Å². The number of furan rings is 1. The molecule has 2 amide bonds. The van der Waals surface area contributed by atoms with E-state index >= 15 is 0 Å². The fourth-order valence-electron chi connectivity index (χ4n) is 2.55. The van der Waals surface area contributed by atoms with Gasteiger partial charge in [-0.25, -0.2) is 0 Å². The molecule has 2 aromatic rings. The van der Waals surface area contributed by atoms with Crippen molar-refractivity contribution >= 4 is 11.8 Å². The summed E-state index contributed by atoms with van der Waals surface area (Å²) in [6.45, 7) is 4.75. The molecular formula is C19H24N2O5. The van der Waals surface area contributed by atoms with Gasteiger partial charge in [-0.1, -0.05) is 13.0 Å². The van der Waals surface area contributed by atoms with Crippen LogP contribution in [0.1, 0.15) is 41.2 Å². The number of hydrogen-bond donors (Lipinski definition) is 2. The quantitative estimate of drug-likeness (QED) is 0.755. The normalized spacial score (nSPS) is 10.3. The molecule has 1 heterocycles. The van der Waals surface area contributed by atoms with E-state index in [1.807, 2.05) is 13.8 Å². The smallest absolute Gasteiger partial charge is 0.287 e. The van der Waals surface area contributed by atoms with Crippen molar-refractivity contribution in [2.75, 3.05) is 27.3 Å². The second-order valence-corrected chi connectivity index (χ2v) is 5.54. The Morgan fingerprint density at radius 2 is 1.77 bits per heavy atom. The monoisotopic (exact) mass is 360 g/mol. The molecule has 0 aliphatic rings. The highest BCUT2D eigenvalue weighted by Gasteiger charge is 2.25. The third kappa shape index (κ3) is 3.99. The molecule has 0 saturated heterocycles. The van der Waals surface area contributed by atoms with Gasteiger partial charge in [0.05, 0.1) is 19.8 Å². The van der Waals surface area contributed by atoms with E-state index < -0.39 is 0 Å². The molecule has 2 rings (SSSR count). The van der Waals surface area contributed by atoms with Crippen LogP contribution >= 0.6 is 0 Å². The van der Waals surface area contributed by atoms with Crippen molar-refractivity contribution in [1.29, 1.82) is 0 Å². The zero-order valence-electron chi connectivity index (χ0n) is 15.5. The van der Waals surface area contributed by atoms with Crippen LogP contribution in [-0.2, 0) is 0 Å². The van der Waals surface area contributed by atoms with Crippen LogP contribution in [0.15, 0.2) is 28.9 Å². The van der Waals surface area contributed by atoms with Gasteiger partial charge in [-0.15, -0.1) is 0 Å².